The van der Waals surface area contributed by atoms with Crippen molar-refractivity contribution in [1.29, 1.82) is 0 Å². The van der Waals surface area contributed by atoms with Gasteiger partial charge in [-0.15, -0.1) is 0 Å². The van der Waals surface area contributed by atoms with E-state index >= 15 is 0 Å². The molecule has 2 nitrogen and oxygen atoms in total. The standard InChI is InChI=1S/C10H24N2/c1-8(2)6-10(7-11)12(5)9(3)4/h8-10H,6-7,11H2,1-5H3. The van der Waals surface area contributed by atoms with Gasteiger partial charge in [-0.3, -0.25) is 4.90 Å². The Labute approximate surface area is 77.1 Å². The van der Waals surface area contributed by atoms with E-state index < -0.39 is 0 Å². The van der Waals surface area contributed by atoms with Crippen molar-refractivity contribution in [3.63, 3.8) is 0 Å². The van der Waals surface area contributed by atoms with Crippen molar-refractivity contribution in [1.82, 2.24) is 4.90 Å². The lowest BCUT2D eigenvalue weighted by Gasteiger charge is -2.31. The van der Waals surface area contributed by atoms with Crippen LogP contribution in [0.2, 0.25) is 0 Å². The molecule has 0 aromatic carbocycles. The van der Waals surface area contributed by atoms with Crippen LogP contribution < -0.4 is 5.73 Å². The van der Waals surface area contributed by atoms with E-state index in [4.69, 9.17) is 5.73 Å². The number of rotatable bonds is 5. The summed E-state index contributed by atoms with van der Waals surface area (Å²) < 4.78 is 0. The maximum atomic E-state index is 5.72. The molecular weight excluding hydrogens is 148 g/mol. The average molecular weight is 172 g/mol. The highest BCUT2D eigenvalue weighted by Crippen LogP contribution is 2.11. The Balaban J connectivity index is 3.96. The molecule has 0 saturated heterocycles. The third kappa shape index (κ3) is 4.07. The van der Waals surface area contributed by atoms with Gasteiger partial charge in [0.1, 0.15) is 0 Å². The van der Waals surface area contributed by atoms with E-state index in [1.54, 1.807) is 0 Å². The minimum atomic E-state index is 0.546. The molecule has 0 saturated carbocycles. The predicted octanol–water partition coefficient (Wildman–Crippen LogP) is 1.70. The molecule has 0 aliphatic carbocycles. The van der Waals surface area contributed by atoms with Crippen LogP contribution in [0.3, 0.4) is 0 Å². The molecule has 0 spiro atoms. The predicted molar refractivity (Wildman–Crippen MR) is 55.2 cm³/mol. The normalized spacial score (nSPS) is 14.8. The molecule has 1 atom stereocenters. The Kier molecular flexibility index (Phi) is 5.51. The summed E-state index contributed by atoms with van der Waals surface area (Å²) in [5.74, 6) is 0.736. The molecule has 0 rings (SSSR count). The summed E-state index contributed by atoms with van der Waals surface area (Å²) in [4.78, 5) is 2.36. The van der Waals surface area contributed by atoms with Crippen LogP contribution in [-0.4, -0.2) is 30.6 Å². The molecule has 0 aromatic rings. The van der Waals surface area contributed by atoms with E-state index in [1.807, 2.05) is 0 Å². The second-order valence-electron chi connectivity index (χ2n) is 4.28. The first-order valence-corrected chi connectivity index (χ1v) is 4.91. The van der Waals surface area contributed by atoms with Crippen LogP contribution in [0.25, 0.3) is 0 Å². The molecule has 0 radical (unpaired) electrons. The Morgan fingerprint density at radius 1 is 1.17 bits per heavy atom. The molecule has 2 N–H and O–H groups in total. The summed E-state index contributed by atoms with van der Waals surface area (Å²) >= 11 is 0. The fourth-order valence-electron chi connectivity index (χ4n) is 1.39. The van der Waals surface area contributed by atoms with Crippen LogP contribution >= 0.6 is 0 Å². The molecule has 0 aliphatic rings. The molecular formula is C10H24N2. The third-order valence-electron chi connectivity index (χ3n) is 2.41. The molecule has 12 heavy (non-hydrogen) atoms. The number of hydrogen-bond donors (Lipinski definition) is 1. The van der Waals surface area contributed by atoms with Crippen LogP contribution in [0.4, 0.5) is 0 Å². The minimum Gasteiger partial charge on any atom is -0.329 e. The topological polar surface area (TPSA) is 29.3 Å². The number of hydrogen-bond acceptors (Lipinski definition) is 2. The molecule has 2 heteroatoms. The van der Waals surface area contributed by atoms with Gasteiger partial charge in [-0.2, -0.15) is 0 Å². The van der Waals surface area contributed by atoms with Gasteiger partial charge in [0.15, 0.2) is 0 Å². The third-order valence-corrected chi connectivity index (χ3v) is 2.41. The van der Waals surface area contributed by atoms with E-state index in [0.29, 0.717) is 12.1 Å². The molecule has 0 amide bonds. The summed E-state index contributed by atoms with van der Waals surface area (Å²) in [7, 11) is 2.16. The van der Waals surface area contributed by atoms with Crippen molar-refractivity contribution in [3.8, 4) is 0 Å². The van der Waals surface area contributed by atoms with Crippen LogP contribution in [0, 0.1) is 5.92 Å². The molecule has 1 unspecified atom stereocenters. The summed E-state index contributed by atoms with van der Waals surface area (Å²) in [6.07, 6.45) is 1.20. The Morgan fingerprint density at radius 3 is 1.92 bits per heavy atom. The summed E-state index contributed by atoms with van der Waals surface area (Å²) in [6, 6.07) is 1.14. The van der Waals surface area contributed by atoms with Gasteiger partial charge in [0.05, 0.1) is 0 Å². The zero-order chi connectivity index (χ0) is 9.72. The maximum absolute atomic E-state index is 5.72. The van der Waals surface area contributed by atoms with E-state index in [1.165, 1.54) is 6.42 Å². The fraction of sp³-hybridized carbons (Fsp3) is 1.00. The van der Waals surface area contributed by atoms with Crippen LogP contribution in [0.15, 0.2) is 0 Å². The van der Waals surface area contributed by atoms with Gasteiger partial charge >= 0.3 is 0 Å². The first-order chi connectivity index (χ1) is 5.49. The van der Waals surface area contributed by atoms with Crippen molar-refractivity contribution in [2.75, 3.05) is 13.6 Å². The van der Waals surface area contributed by atoms with Crippen LogP contribution in [-0.2, 0) is 0 Å². The zero-order valence-corrected chi connectivity index (χ0v) is 9.17. The lowest BCUT2D eigenvalue weighted by atomic mass is 10.0. The Morgan fingerprint density at radius 2 is 1.67 bits per heavy atom. The average Bonchev–Trinajstić information content (AvgIpc) is 1.98. The van der Waals surface area contributed by atoms with Gasteiger partial charge in [0, 0.05) is 18.6 Å². The highest BCUT2D eigenvalue weighted by Gasteiger charge is 2.16. The monoisotopic (exact) mass is 172 g/mol. The van der Waals surface area contributed by atoms with Crippen molar-refractivity contribution in [2.24, 2.45) is 11.7 Å². The second-order valence-corrected chi connectivity index (χ2v) is 4.28. The molecule has 0 aromatic heterocycles. The van der Waals surface area contributed by atoms with Crippen molar-refractivity contribution < 1.29 is 0 Å². The Hall–Kier alpha value is -0.0800. The zero-order valence-electron chi connectivity index (χ0n) is 9.17. The van der Waals surface area contributed by atoms with Gasteiger partial charge < -0.3 is 5.73 Å². The van der Waals surface area contributed by atoms with Crippen LogP contribution in [0.5, 0.6) is 0 Å². The van der Waals surface area contributed by atoms with E-state index in [-0.39, 0.29) is 0 Å². The number of likely N-dealkylation sites (N-methyl/N-ethyl adjacent to an activating group) is 1. The second kappa shape index (κ2) is 5.55. The van der Waals surface area contributed by atoms with Crippen molar-refractivity contribution in [3.05, 3.63) is 0 Å². The molecule has 74 valence electrons. The first kappa shape index (κ1) is 11.9. The largest absolute Gasteiger partial charge is 0.329 e. The summed E-state index contributed by atoms with van der Waals surface area (Å²) in [6.45, 7) is 9.69. The molecule has 0 aliphatic heterocycles. The highest BCUT2D eigenvalue weighted by atomic mass is 15.2. The maximum Gasteiger partial charge on any atom is 0.0220 e. The number of nitrogens with two attached hydrogens (primary N) is 1. The SMILES string of the molecule is CC(C)CC(CN)N(C)C(C)C. The van der Waals surface area contributed by atoms with Crippen molar-refractivity contribution in [2.45, 2.75) is 46.2 Å². The van der Waals surface area contributed by atoms with Crippen LogP contribution in [0.1, 0.15) is 34.1 Å². The number of nitrogens with zero attached hydrogens (tertiary/aromatic N) is 1. The minimum absolute atomic E-state index is 0.546. The lowest BCUT2D eigenvalue weighted by Crippen LogP contribution is -2.42. The van der Waals surface area contributed by atoms with E-state index in [9.17, 15) is 0 Å². The van der Waals surface area contributed by atoms with E-state index in [2.05, 4.69) is 39.6 Å². The Bertz CT molecular complexity index is 110. The fourth-order valence-corrected chi connectivity index (χ4v) is 1.39. The first-order valence-electron chi connectivity index (χ1n) is 4.91. The van der Waals surface area contributed by atoms with Gasteiger partial charge in [-0.05, 0) is 33.2 Å². The quantitative estimate of drug-likeness (QED) is 0.684. The van der Waals surface area contributed by atoms with Crippen molar-refractivity contribution >= 4 is 0 Å². The van der Waals surface area contributed by atoms with Gasteiger partial charge in [-0.25, -0.2) is 0 Å². The lowest BCUT2D eigenvalue weighted by molar-refractivity contribution is 0.177. The van der Waals surface area contributed by atoms with Gasteiger partial charge in [0.25, 0.3) is 0 Å². The van der Waals surface area contributed by atoms with Gasteiger partial charge in [-0.1, -0.05) is 13.8 Å². The van der Waals surface area contributed by atoms with Gasteiger partial charge in [0.2, 0.25) is 0 Å². The molecule has 0 bridgehead atoms. The molecule has 0 heterocycles. The summed E-state index contributed by atoms with van der Waals surface area (Å²) in [5.41, 5.74) is 5.72. The summed E-state index contributed by atoms with van der Waals surface area (Å²) in [5, 5.41) is 0. The highest BCUT2D eigenvalue weighted by molar-refractivity contribution is 4.73. The molecule has 0 fully saturated rings. The van der Waals surface area contributed by atoms with E-state index in [0.717, 1.165) is 12.5 Å². The smallest absolute Gasteiger partial charge is 0.0220 e.